The molecule has 79 heavy (non-hydrogen) atoms. The SMILES string of the molecule is Cc1ccccc1N1CCN(S(=O)(=O)C[C@]23CC[C@H](C[C@@H]2NC(=O)[C@@H](N)CCS(C)(=O)=O)C3(C)C)CC1.Cc1ccccc1N1CCN(S(=O)(=O)C[C@]23CC[C@H](C[C@@H]2NC(=O)[C@@H](N)CCS(C)(=O)=O)C3(C)C)CC1.O=S(=O)(O)O. The summed E-state index contributed by atoms with van der Waals surface area (Å²) in [7, 11) is -18.3. The molecule has 2 heterocycles. The molecule has 22 nitrogen and oxygen atoms in total. The van der Waals surface area contributed by atoms with Crippen molar-refractivity contribution in [1.29, 1.82) is 0 Å². The molecule has 0 radical (unpaired) electrons. The fourth-order valence-electron chi connectivity index (χ4n) is 13.8. The highest BCUT2D eigenvalue weighted by molar-refractivity contribution is 7.91. The average molecular weight is 1210 g/mol. The lowest BCUT2D eigenvalue weighted by Gasteiger charge is -2.44. The summed E-state index contributed by atoms with van der Waals surface area (Å²) in [6.45, 7) is 16.9. The maximum absolute atomic E-state index is 13.8. The Kier molecular flexibility index (Phi) is 19.9. The van der Waals surface area contributed by atoms with Gasteiger partial charge in [-0.05, 0) is 111 Å². The van der Waals surface area contributed by atoms with E-state index in [2.05, 4.69) is 86.2 Å². The third-order valence-electron chi connectivity index (χ3n) is 18.8. The van der Waals surface area contributed by atoms with Crippen LogP contribution in [0.15, 0.2) is 48.5 Å². The minimum absolute atomic E-state index is 0.00259. The highest BCUT2D eigenvalue weighted by Crippen LogP contribution is 2.67. The van der Waals surface area contributed by atoms with Gasteiger partial charge in [-0.3, -0.25) is 18.7 Å². The second kappa shape index (κ2) is 24.4. The van der Waals surface area contributed by atoms with Gasteiger partial charge in [-0.15, -0.1) is 0 Å². The number of benzene rings is 2. The molecule has 0 unspecified atom stereocenters. The van der Waals surface area contributed by atoms with E-state index in [1.807, 2.05) is 24.3 Å². The van der Waals surface area contributed by atoms with Crippen LogP contribution in [0.3, 0.4) is 0 Å². The van der Waals surface area contributed by atoms with Crippen LogP contribution < -0.4 is 31.9 Å². The normalized spacial score (nSPS) is 27.7. The minimum atomic E-state index is -4.67. The first-order chi connectivity index (χ1) is 36.3. The van der Waals surface area contributed by atoms with Crippen LogP contribution in [-0.4, -0.2) is 184 Å². The Hall–Kier alpha value is -3.51. The van der Waals surface area contributed by atoms with E-state index in [-0.39, 0.29) is 58.8 Å². The lowest BCUT2D eigenvalue weighted by atomic mass is 9.69. The maximum atomic E-state index is 13.8. The topological polar surface area (TPSA) is 334 Å². The minimum Gasteiger partial charge on any atom is -0.369 e. The summed E-state index contributed by atoms with van der Waals surface area (Å²) in [6, 6.07) is 13.8. The van der Waals surface area contributed by atoms with Gasteiger partial charge < -0.3 is 31.9 Å². The van der Waals surface area contributed by atoms with Crippen LogP contribution in [0.2, 0.25) is 0 Å². The number of nitrogens with zero attached hydrogens (tertiary/aromatic N) is 4. The third kappa shape index (κ3) is 15.2. The van der Waals surface area contributed by atoms with Crippen LogP contribution in [0.1, 0.15) is 90.2 Å². The van der Waals surface area contributed by atoms with Gasteiger partial charge in [-0.25, -0.2) is 33.7 Å². The zero-order valence-electron chi connectivity index (χ0n) is 47.0. The van der Waals surface area contributed by atoms with Crippen molar-refractivity contribution in [3.8, 4) is 0 Å². The molecular weight excluding hydrogens is 1120 g/mol. The number of sulfone groups is 2. The standard InChI is InChI=1S/2C26H42N4O5S2.H2O4S/c2*1-19-7-5-6-8-22(19)29-12-14-30(15-13-29)37(34,35)18-26-11-9-20(25(26,2)3)17-23(26)28-24(31)21(27)10-16-36(4,32)33;1-5(2,3)4/h2*5-8,20-21,23H,9-18,27H2,1-4H3,(H,28,31);(H2,1,2,3,4)/t2*20-,21+,23+,26-;/m11./s1. The van der Waals surface area contributed by atoms with Gasteiger partial charge in [0.1, 0.15) is 19.7 Å². The van der Waals surface area contributed by atoms with Gasteiger partial charge in [-0.1, -0.05) is 64.1 Å². The van der Waals surface area contributed by atoms with Crippen molar-refractivity contribution in [1.82, 2.24) is 19.2 Å². The third-order valence-corrected chi connectivity index (χ3v) is 24.8. The van der Waals surface area contributed by atoms with E-state index >= 15 is 0 Å². The number of carbonyl (C=O) groups excluding carboxylic acids is 2. The highest BCUT2D eigenvalue weighted by atomic mass is 32.3. The van der Waals surface area contributed by atoms with Crippen LogP contribution in [0, 0.1) is 47.3 Å². The number of amides is 2. The van der Waals surface area contributed by atoms with E-state index in [9.17, 15) is 43.3 Å². The van der Waals surface area contributed by atoms with Crippen LogP contribution in [0.5, 0.6) is 0 Å². The number of rotatable bonds is 18. The molecule has 6 aliphatic rings. The van der Waals surface area contributed by atoms with Gasteiger partial charge in [0.15, 0.2) is 0 Å². The zero-order valence-corrected chi connectivity index (χ0v) is 51.1. The molecule has 2 amide bonds. The Morgan fingerprint density at radius 1 is 0.570 bits per heavy atom. The van der Waals surface area contributed by atoms with Gasteiger partial charge in [0.05, 0.1) is 35.1 Å². The van der Waals surface area contributed by atoms with Gasteiger partial charge in [-0.2, -0.15) is 17.0 Å². The number of para-hydroxylation sites is 2. The molecule has 0 spiro atoms. The average Bonchev–Trinajstić information content (AvgIpc) is 3.59. The molecule has 4 aliphatic carbocycles. The summed E-state index contributed by atoms with van der Waals surface area (Å²) in [5.74, 6) is -0.491. The smallest absolute Gasteiger partial charge is 0.369 e. The first kappa shape index (κ1) is 64.7. The van der Waals surface area contributed by atoms with E-state index in [1.165, 1.54) is 11.1 Å². The van der Waals surface area contributed by atoms with E-state index in [1.54, 1.807) is 8.61 Å². The number of sulfonamides is 2. The summed E-state index contributed by atoms with van der Waals surface area (Å²) in [4.78, 5) is 30.3. The Morgan fingerprint density at radius 2 is 0.873 bits per heavy atom. The van der Waals surface area contributed by atoms with Crippen molar-refractivity contribution in [2.45, 2.75) is 117 Å². The Bertz CT molecular complexity index is 2890. The second-order valence-corrected chi connectivity index (χ2v) is 33.5. The van der Waals surface area contributed by atoms with Crippen molar-refractivity contribution in [3.63, 3.8) is 0 Å². The number of aryl methyl sites for hydroxylation is 2. The van der Waals surface area contributed by atoms with Gasteiger partial charge in [0.2, 0.25) is 31.9 Å². The van der Waals surface area contributed by atoms with E-state index in [0.717, 1.165) is 49.6 Å². The first-order valence-electron chi connectivity index (χ1n) is 27.1. The molecule has 2 aliphatic heterocycles. The van der Waals surface area contributed by atoms with E-state index in [4.69, 9.17) is 29.0 Å². The number of nitrogens with one attached hydrogen (secondary N) is 2. The molecule has 2 aromatic rings. The molecule has 0 aromatic heterocycles. The van der Waals surface area contributed by atoms with Gasteiger partial charge >= 0.3 is 10.4 Å². The summed E-state index contributed by atoms with van der Waals surface area (Å²) in [6.07, 6.45) is 7.11. The van der Waals surface area contributed by atoms with Crippen LogP contribution in [-0.2, 0) is 59.7 Å². The van der Waals surface area contributed by atoms with Crippen molar-refractivity contribution in [3.05, 3.63) is 59.7 Å². The predicted octanol–water partition coefficient (Wildman–Crippen LogP) is 2.39. The number of hydrogen-bond acceptors (Lipinski definition) is 16. The van der Waals surface area contributed by atoms with Crippen LogP contribution >= 0.6 is 0 Å². The number of anilines is 2. The molecule has 8 atom stereocenters. The van der Waals surface area contributed by atoms with E-state index in [0.29, 0.717) is 77.0 Å². The number of carbonyl (C=O) groups is 2. The molecular formula is C52H86N8O14S5. The quantitative estimate of drug-likeness (QED) is 0.117. The Balaban J connectivity index is 0.000000235. The van der Waals surface area contributed by atoms with Crippen molar-refractivity contribution in [2.24, 2.45) is 45.0 Å². The first-order valence-corrected chi connectivity index (χ1v) is 35.8. The summed E-state index contributed by atoms with van der Waals surface area (Å²) >= 11 is 0. The summed E-state index contributed by atoms with van der Waals surface area (Å²) < 4.78 is 136. The second-order valence-electron chi connectivity index (χ2n) is 24.2. The Morgan fingerprint density at radius 3 is 1.15 bits per heavy atom. The molecule has 4 bridgehead atoms. The van der Waals surface area contributed by atoms with Crippen molar-refractivity contribution < 1.29 is 60.8 Å². The molecule has 448 valence electrons. The van der Waals surface area contributed by atoms with Crippen LogP contribution in [0.25, 0.3) is 0 Å². The Labute approximate surface area is 470 Å². The largest absolute Gasteiger partial charge is 0.394 e. The number of hydrogen-bond donors (Lipinski definition) is 6. The molecule has 2 saturated heterocycles. The monoisotopic (exact) mass is 1210 g/mol. The van der Waals surface area contributed by atoms with E-state index < -0.39 is 84.8 Å². The molecule has 4 saturated carbocycles. The maximum Gasteiger partial charge on any atom is 0.394 e. The lowest BCUT2D eigenvalue weighted by Crippen LogP contribution is -2.57. The summed E-state index contributed by atoms with van der Waals surface area (Å²) in [5.41, 5.74) is 15.0. The fourth-order valence-corrected chi connectivity index (χ4v) is 19.7. The summed E-state index contributed by atoms with van der Waals surface area (Å²) in [5, 5.41) is 6.11. The molecule has 27 heteroatoms. The molecule has 2 aromatic carbocycles. The highest BCUT2D eigenvalue weighted by Gasteiger charge is 2.67. The van der Waals surface area contributed by atoms with Gasteiger partial charge in [0, 0.05) is 99.2 Å². The van der Waals surface area contributed by atoms with Gasteiger partial charge in [0.25, 0.3) is 0 Å². The lowest BCUT2D eigenvalue weighted by molar-refractivity contribution is -0.124. The number of fused-ring (bicyclic) bond motifs is 4. The van der Waals surface area contributed by atoms with Crippen molar-refractivity contribution >= 4 is 73.3 Å². The molecule has 8 rings (SSSR count). The predicted molar refractivity (Wildman–Crippen MR) is 307 cm³/mol. The number of piperazine rings is 2. The molecule has 8 N–H and O–H groups in total. The van der Waals surface area contributed by atoms with Crippen molar-refractivity contribution in [2.75, 3.05) is 97.7 Å². The van der Waals surface area contributed by atoms with Crippen LogP contribution in [0.4, 0.5) is 11.4 Å². The fraction of sp³-hybridized carbons (Fsp3) is 0.731. The zero-order chi connectivity index (χ0) is 59.0. The molecule has 6 fully saturated rings. The number of nitrogens with two attached hydrogens (primary N) is 2.